The van der Waals surface area contributed by atoms with Crippen molar-refractivity contribution in [3.05, 3.63) is 182 Å². The molecule has 0 aliphatic heterocycles. The van der Waals surface area contributed by atoms with Crippen LogP contribution in [0.15, 0.2) is 186 Å². The molecule has 0 atom stereocenters. The van der Waals surface area contributed by atoms with Gasteiger partial charge in [-0.25, -0.2) is 0 Å². The Kier molecular flexibility index (Phi) is 6.02. The third-order valence-corrected chi connectivity index (χ3v) is 10.8. The van der Waals surface area contributed by atoms with Gasteiger partial charge in [-0.3, -0.25) is 0 Å². The van der Waals surface area contributed by atoms with Crippen molar-refractivity contribution in [3.8, 4) is 33.4 Å². The van der Waals surface area contributed by atoms with E-state index in [4.69, 9.17) is 4.42 Å². The number of hydrogen-bond donors (Lipinski definition) is 0. The lowest BCUT2D eigenvalue weighted by atomic mass is 9.81. The fourth-order valence-electron chi connectivity index (χ4n) is 8.73. The number of benzene rings is 10. The predicted molar refractivity (Wildman–Crippen MR) is 218 cm³/mol. The summed E-state index contributed by atoms with van der Waals surface area (Å²) in [6.07, 6.45) is 0. The summed E-state index contributed by atoms with van der Waals surface area (Å²) < 4.78 is 6.43. The highest BCUT2D eigenvalue weighted by Gasteiger charge is 2.22. The first kappa shape index (κ1) is 28.2. The molecule has 0 radical (unpaired) electrons. The molecule has 1 aromatic heterocycles. The van der Waals surface area contributed by atoms with Gasteiger partial charge in [0.05, 0.1) is 0 Å². The molecule has 0 N–H and O–H groups in total. The van der Waals surface area contributed by atoms with Crippen LogP contribution in [0.2, 0.25) is 0 Å². The van der Waals surface area contributed by atoms with E-state index in [0.29, 0.717) is 0 Å². The van der Waals surface area contributed by atoms with E-state index in [-0.39, 0.29) is 0 Å². The second-order valence-corrected chi connectivity index (χ2v) is 13.5. The maximum atomic E-state index is 6.43. The second kappa shape index (κ2) is 10.9. The van der Waals surface area contributed by atoms with Crippen LogP contribution in [0, 0.1) is 0 Å². The van der Waals surface area contributed by atoms with Crippen molar-refractivity contribution in [3.63, 3.8) is 0 Å². The maximum Gasteiger partial charge on any atom is 0.136 e. The maximum absolute atomic E-state index is 6.43. The van der Waals surface area contributed by atoms with Gasteiger partial charge in [0.25, 0.3) is 0 Å². The minimum absolute atomic E-state index is 0.909. The van der Waals surface area contributed by atoms with Gasteiger partial charge in [-0.1, -0.05) is 164 Å². The van der Waals surface area contributed by atoms with Crippen molar-refractivity contribution < 1.29 is 4.42 Å². The molecule has 236 valence electrons. The molecule has 11 aromatic rings. The lowest BCUT2D eigenvalue weighted by molar-refractivity contribution is 0.669. The first-order valence-corrected chi connectivity index (χ1v) is 17.6. The van der Waals surface area contributed by atoms with Crippen molar-refractivity contribution in [2.45, 2.75) is 0 Å². The van der Waals surface area contributed by atoms with Crippen LogP contribution in [0.3, 0.4) is 0 Å². The minimum Gasteiger partial charge on any atom is -0.456 e. The molecule has 1 heteroatoms. The molecule has 0 spiro atoms. The molecular formula is C50H30O. The fourth-order valence-corrected chi connectivity index (χ4v) is 8.73. The van der Waals surface area contributed by atoms with Gasteiger partial charge >= 0.3 is 0 Å². The summed E-state index contributed by atoms with van der Waals surface area (Å²) in [6.45, 7) is 0. The lowest BCUT2D eigenvalue weighted by Crippen LogP contribution is -1.94. The van der Waals surface area contributed by atoms with Crippen LogP contribution in [0.5, 0.6) is 0 Å². The molecule has 10 aromatic carbocycles. The summed E-state index contributed by atoms with van der Waals surface area (Å²) in [5.41, 5.74) is 9.33. The molecule has 0 aliphatic carbocycles. The van der Waals surface area contributed by atoms with E-state index in [1.807, 2.05) is 0 Å². The summed E-state index contributed by atoms with van der Waals surface area (Å²) in [7, 11) is 0. The Morgan fingerprint density at radius 1 is 0.255 bits per heavy atom. The smallest absolute Gasteiger partial charge is 0.136 e. The van der Waals surface area contributed by atoms with Gasteiger partial charge in [0, 0.05) is 10.8 Å². The largest absolute Gasteiger partial charge is 0.456 e. The molecule has 0 saturated heterocycles. The van der Waals surface area contributed by atoms with Crippen molar-refractivity contribution in [2.75, 3.05) is 0 Å². The normalized spacial score (nSPS) is 11.9. The van der Waals surface area contributed by atoms with Crippen LogP contribution < -0.4 is 0 Å². The van der Waals surface area contributed by atoms with Crippen molar-refractivity contribution in [2.24, 2.45) is 0 Å². The van der Waals surface area contributed by atoms with Gasteiger partial charge < -0.3 is 4.42 Å². The second-order valence-electron chi connectivity index (χ2n) is 13.5. The Bertz CT molecular complexity index is 3070. The van der Waals surface area contributed by atoms with E-state index in [1.165, 1.54) is 92.6 Å². The molecule has 0 amide bonds. The van der Waals surface area contributed by atoms with Gasteiger partial charge in [0.2, 0.25) is 0 Å². The van der Waals surface area contributed by atoms with E-state index in [9.17, 15) is 0 Å². The van der Waals surface area contributed by atoms with Crippen molar-refractivity contribution >= 4 is 75.8 Å². The highest BCUT2D eigenvalue weighted by atomic mass is 16.3. The van der Waals surface area contributed by atoms with Gasteiger partial charge in [-0.15, -0.1) is 0 Å². The molecule has 0 unspecified atom stereocenters. The minimum atomic E-state index is 0.909. The zero-order valence-corrected chi connectivity index (χ0v) is 27.7. The molecule has 1 heterocycles. The SMILES string of the molecule is c1ccc(-c2c3ccccc3c(-c3c4ccccc4c(-c4ccc5oc6ccc7ccccc7c6c5c4)c4ccccc34)c3ccccc23)cc1. The molecule has 1 nitrogen and oxygen atoms in total. The Morgan fingerprint density at radius 3 is 1.20 bits per heavy atom. The van der Waals surface area contributed by atoms with Gasteiger partial charge in [0.1, 0.15) is 11.2 Å². The number of rotatable bonds is 3. The molecule has 0 aliphatic rings. The van der Waals surface area contributed by atoms with Crippen molar-refractivity contribution in [1.29, 1.82) is 0 Å². The van der Waals surface area contributed by atoms with Gasteiger partial charge in [0.15, 0.2) is 0 Å². The Hall–Kier alpha value is -6.70. The zero-order chi connectivity index (χ0) is 33.5. The number of furan rings is 1. The molecule has 0 fully saturated rings. The Labute approximate surface area is 294 Å². The number of fused-ring (bicyclic) bond motifs is 9. The summed E-state index contributed by atoms with van der Waals surface area (Å²) in [6, 6.07) is 66.3. The third-order valence-electron chi connectivity index (χ3n) is 10.8. The topological polar surface area (TPSA) is 13.1 Å². The summed E-state index contributed by atoms with van der Waals surface area (Å²) in [5, 5.41) is 14.8. The molecule has 0 saturated carbocycles. The quantitative estimate of drug-likeness (QED) is 0.174. The van der Waals surface area contributed by atoms with Crippen LogP contribution in [0.4, 0.5) is 0 Å². The van der Waals surface area contributed by atoms with Gasteiger partial charge in [-0.05, 0) is 105 Å². The molecular weight excluding hydrogens is 617 g/mol. The fraction of sp³-hybridized carbons (Fsp3) is 0. The van der Waals surface area contributed by atoms with Crippen LogP contribution in [-0.4, -0.2) is 0 Å². The predicted octanol–water partition coefficient (Wildman–Crippen LogP) is 14.4. The summed E-state index contributed by atoms with van der Waals surface area (Å²) in [4.78, 5) is 0. The highest BCUT2D eigenvalue weighted by molar-refractivity contribution is 6.30. The van der Waals surface area contributed by atoms with Crippen LogP contribution >= 0.6 is 0 Å². The van der Waals surface area contributed by atoms with Crippen LogP contribution in [0.25, 0.3) is 109 Å². The first-order valence-electron chi connectivity index (χ1n) is 17.6. The van der Waals surface area contributed by atoms with Crippen LogP contribution in [0.1, 0.15) is 0 Å². The first-order chi connectivity index (χ1) is 25.3. The standard InChI is InChI=1S/C50H30O/c1-2-15-32(16-3-1)46-35-18-6-10-22-39(35)49(40-23-11-7-19-36(40)46)50-41-24-12-8-20-37(41)47(38-21-9-13-25-42(38)50)33-27-28-44-43(30-33)48-34-17-5-4-14-31(34)26-29-45(48)51-44/h1-30H. The average molecular weight is 647 g/mol. The van der Waals surface area contributed by atoms with Crippen molar-refractivity contribution in [1.82, 2.24) is 0 Å². The third kappa shape index (κ3) is 4.09. The van der Waals surface area contributed by atoms with E-state index in [2.05, 4.69) is 182 Å². The van der Waals surface area contributed by atoms with Gasteiger partial charge in [-0.2, -0.15) is 0 Å². The van der Waals surface area contributed by atoms with E-state index >= 15 is 0 Å². The summed E-state index contributed by atoms with van der Waals surface area (Å²) in [5.74, 6) is 0. The van der Waals surface area contributed by atoms with E-state index in [0.717, 1.165) is 16.6 Å². The average Bonchev–Trinajstić information content (AvgIpc) is 3.58. The number of hydrogen-bond acceptors (Lipinski definition) is 1. The Balaban J connectivity index is 1.28. The summed E-state index contributed by atoms with van der Waals surface area (Å²) >= 11 is 0. The molecule has 0 bridgehead atoms. The monoisotopic (exact) mass is 646 g/mol. The van der Waals surface area contributed by atoms with Crippen LogP contribution in [-0.2, 0) is 0 Å². The highest BCUT2D eigenvalue weighted by Crippen LogP contribution is 2.50. The molecule has 11 rings (SSSR count). The molecule has 51 heavy (non-hydrogen) atoms. The zero-order valence-electron chi connectivity index (χ0n) is 27.7. The van der Waals surface area contributed by atoms with E-state index in [1.54, 1.807) is 0 Å². The Morgan fingerprint density at radius 2 is 0.667 bits per heavy atom. The lowest BCUT2D eigenvalue weighted by Gasteiger charge is -2.22. The van der Waals surface area contributed by atoms with E-state index < -0.39 is 0 Å².